The molecule has 0 saturated carbocycles. The summed E-state index contributed by atoms with van der Waals surface area (Å²) < 4.78 is 0. The van der Waals surface area contributed by atoms with E-state index < -0.39 is 12.0 Å². The number of aliphatic carboxylic acids is 1. The van der Waals surface area contributed by atoms with E-state index in [1.54, 1.807) is 24.3 Å². The maximum absolute atomic E-state index is 12.4. The second kappa shape index (κ2) is 3.98. The minimum absolute atomic E-state index is 0.0415. The Morgan fingerprint density at radius 1 is 1.17 bits per heavy atom. The fraction of sp³-hybridized carbons (Fsp3) is 0.286. The molecule has 3 atom stereocenters. The summed E-state index contributed by atoms with van der Waals surface area (Å²) in [5.74, 6) is -1.16. The van der Waals surface area contributed by atoms with Crippen LogP contribution in [0.1, 0.15) is 16.8 Å². The van der Waals surface area contributed by atoms with E-state index in [2.05, 4.69) is 0 Å². The molecule has 0 aromatic heterocycles. The molecule has 1 aromatic rings. The highest BCUT2D eigenvalue weighted by Gasteiger charge is 2.48. The number of carboxylic acid groups (broad SMARTS) is 1. The lowest BCUT2D eigenvalue weighted by Crippen LogP contribution is -2.47. The van der Waals surface area contributed by atoms with Crippen molar-refractivity contribution in [2.75, 3.05) is 0 Å². The van der Waals surface area contributed by atoms with Gasteiger partial charge in [0.15, 0.2) is 0 Å². The van der Waals surface area contributed by atoms with Crippen molar-refractivity contribution in [3.05, 3.63) is 48.0 Å². The number of likely N-dealkylation sites (tertiary alicyclic amines) is 1. The molecule has 0 unspecified atom stereocenters. The van der Waals surface area contributed by atoms with Crippen molar-refractivity contribution in [3.63, 3.8) is 0 Å². The highest BCUT2D eigenvalue weighted by atomic mass is 16.4. The number of carbonyl (C=O) groups excluding carboxylic acids is 1. The summed E-state index contributed by atoms with van der Waals surface area (Å²) in [5, 5.41) is 9.27. The zero-order chi connectivity index (χ0) is 12.7. The van der Waals surface area contributed by atoms with Gasteiger partial charge < -0.3 is 10.0 Å². The summed E-state index contributed by atoms with van der Waals surface area (Å²) in [6.45, 7) is 0. The Balaban J connectivity index is 1.94. The molecule has 92 valence electrons. The average Bonchev–Trinajstić information content (AvgIpc) is 2.99. The molecule has 1 saturated heterocycles. The van der Waals surface area contributed by atoms with E-state index in [1.807, 2.05) is 18.2 Å². The molecule has 1 N–H and O–H groups in total. The van der Waals surface area contributed by atoms with Crippen molar-refractivity contribution in [3.8, 4) is 0 Å². The molecule has 0 radical (unpaired) electrons. The van der Waals surface area contributed by atoms with Gasteiger partial charge in [0.05, 0.1) is 6.04 Å². The van der Waals surface area contributed by atoms with E-state index in [4.69, 9.17) is 0 Å². The van der Waals surface area contributed by atoms with Gasteiger partial charge in [0, 0.05) is 11.5 Å². The van der Waals surface area contributed by atoms with E-state index >= 15 is 0 Å². The van der Waals surface area contributed by atoms with Gasteiger partial charge in [-0.1, -0.05) is 30.4 Å². The zero-order valence-corrected chi connectivity index (χ0v) is 9.69. The third-order valence-corrected chi connectivity index (χ3v) is 3.66. The minimum Gasteiger partial charge on any atom is -0.480 e. The molecule has 3 rings (SSSR count). The number of carboxylic acids is 1. The highest BCUT2D eigenvalue weighted by Crippen LogP contribution is 2.38. The lowest BCUT2D eigenvalue weighted by atomic mass is 10.0. The molecule has 4 heteroatoms. The SMILES string of the molecule is O=C(O)[C@H]1[C@H]2C=C[C@H](C2)N1C(=O)c1ccccc1. The van der Waals surface area contributed by atoms with Gasteiger partial charge in [0.25, 0.3) is 5.91 Å². The maximum Gasteiger partial charge on any atom is 0.327 e. The number of nitrogens with zero attached hydrogens (tertiary/aromatic N) is 1. The van der Waals surface area contributed by atoms with Crippen molar-refractivity contribution in [2.45, 2.75) is 18.5 Å². The normalized spacial score (nSPS) is 28.7. The summed E-state index contributed by atoms with van der Waals surface area (Å²) in [4.78, 5) is 25.2. The molecule has 2 bridgehead atoms. The third-order valence-electron chi connectivity index (χ3n) is 3.66. The Kier molecular flexibility index (Phi) is 2.44. The van der Waals surface area contributed by atoms with Crippen LogP contribution in [0.4, 0.5) is 0 Å². The predicted octanol–water partition coefficient (Wildman–Crippen LogP) is 1.54. The molecular formula is C14H13NO3. The number of fused-ring (bicyclic) bond motifs is 2. The summed E-state index contributed by atoms with van der Waals surface area (Å²) in [5.41, 5.74) is 0.546. The average molecular weight is 243 g/mol. The van der Waals surface area contributed by atoms with Crippen LogP contribution in [0.3, 0.4) is 0 Å². The number of rotatable bonds is 2. The number of hydrogen-bond donors (Lipinski definition) is 1. The first kappa shape index (κ1) is 11.0. The molecule has 0 spiro atoms. The van der Waals surface area contributed by atoms with E-state index in [9.17, 15) is 14.7 Å². The van der Waals surface area contributed by atoms with Gasteiger partial charge in [0.2, 0.25) is 0 Å². The van der Waals surface area contributed by atoms with Gasteiger partial charge in [-0.25, -0.2) is 4.79 Å². The van der Waals surface area contributed by atoms with Gasteiger partial charge in [0.1, 0.15) is 6.04 Å². The fourth-order valence-electron chi connectivity index (χ4n) is 2.87. The Morgan fingerprint density at radius 2 is 1.89 bits per heavy atom. The van der Waals surface area contributed by atoms with Crippen LogP contribution in [-0.4, -0.2) is 34.0 Å². The number of benzene rings is 1. The first-order chi connectivity index (χ1) is 8.68. The van der Waals surface area contributed by atoms with E-state index in [1.165, 1.54) is 4.90 Å². The number of hydrogen-bond acceptors (Lipinski definition) is 2. The molecule has 1 heterocycles. The van der Waals surface area contributed by atoms with E-state index in [-0.39, 0.29) is 17.9 Å². The van der Waals surface area contributed by atoms with Crippen molar-refractivity contribution in [2.24, 2.45) is 5.92 Å². The first-order valence-electron chi connectivity index (χ1n) is 5.97. The summed E-state index contributed by atoms with van der Waals surface area (Å²) >= 11 is 0. The predicted molar refractivity (Wildman–Crippen MR) is 65.1 cm³/mol. The lowest BCUT2D eigenvalue weighted by molar-refractivity contribution is -0.142. The highest BCUT2D eigenvalue weighted by molar-refractivity contribution is 5.97. The van der Waals surface area contributed by atoms with Gasteiger partial charge in [-0.2, -0.15) is 0 Å². The van der Waals surface area contributed by atoms with Crippen molar-refractivity contribution >= 4 is 11.9 Å². The number of amides is 1. The summed E-state index contributed by atoms with van der Waals surface area (Å²) in [6.07, 6.45) is 4.58. The topological polar surface area (TPSA) is 57.6 Å². The third kappa shape index (κ3) is 1.53. The molecule has 1 fully saturated rings. The monoisotopic (exact) mass is 243 g/mol. The minimum atomic E-state index is -0.920. The van der Waals surface area contributed by atoms with E-state index in [0.29, 0.717) is 5.56 Å². The molecule has 18 heavy (non-hydrogen) atoms. The second-order valence-electron chi connectivity index (χ2n) is 4.71. The van der Waals surface area contributed by atoms with Gasteiger partial charge in [-0.15, -0.1) is 0 Å². The Bertz CT molecular complexity index is 523. The molecule has 1 aromatic carbocycles. The largest absolute Gasteiger partial charge is 0.480 e. The molecule has 1 aliphatic carbocycles. The van der Waals surface area contributed by atoms with Gasteiger partial charge in [-0.05, 0) is 18.6 Å². The second-order valence-corrected chi connectivity index (χ2v) is 4.71. The van der Waals surface area contributed by atoms with Crippen LogP contribution in [0.2, 0.25) is 0 Å². The molecule has 1 aliphatic heterocycles. The van der Waals surface area contributed by atoms with Crippen molar-refractivity contribution in [1.29, 1.82) is 0 Å². The molecular weight excluding hydrogens is 230 g/mol. The Labute approximate surface area is 105 Å². The van der Waals surface area contributed by atoms with E-state index in [0.717, 1.165) is 6.42 Å². The smallest absolute Gasteiger partial charge is 0.327 e. The lowest BCUT2D eigenvalue weighted by Gasteiger charge is -2.29. The standard InChI is InChI=1S/C14H13NO3/c16-13(9-4-2-1-3-5-9)15-11-7-6-10(8-11)12(15)14(17)18/h1-7,10-12H,8H2,(H,17,18)/t10-,11+,12+/m0/s1. The maximum atomic E-state index is 12.4. The molecule has 1 amide bonds. The Morgan fingerprint density at radius 3 is 2.56 bits per heavy atom. The van der Waals surface area contributed by atoms with Crippen molar-refractivity contribution < 1.29 is 14.7 Å². The molecule has 4 nitrogen and oxygen atoms in total. The van der Waals surface area contributed by atoms with Crippen LogP contribution in [0.15, 0.2) is 42.5 Å². The van der Waals surface area contributed by atoms with Gasteiger partial charge in [-0.3, -0.25) is 4.79 Å². The molecule has 2 aliphatic rings. The summed E-state index contributed by atoms with van der Waals surface area (Å²) in [7, 11) is 0. The van der Waals surface area contributed by atoms with Gasteiger partial charge >= 0.3 is 5.97 Å². The van der Waals surface area contributed by atoms with Crippen LogP contribution in [-0.2, 0) is 4.79 Å². The summed E-state index contributed by atoms with van der Waals surface area (Å²) in [6, 6.07) is 8.06. The first-order valence-corrected chi connectivity index (χ1v) is 5.97. The number of carbonyl (C=O) groups is 2. The zero-order valence-electron chi connectivity index (χ0n) is 9.69. The van der Waals surface area contributed by atoms with Crippen molar-refractivity contribution in [1.82, 2.24) is 4.90 Å². The Hall–Kier alpha value is -2.10. The van der Waals surface area contributed by atoms with Crippen LogP contribution in [0, 0.1) is 5.92 Å². The quantitative estimate of drug-likeness (QED) is 0.801. The van der Waals surface area contributed by atoms with Crippen LogP contribution < -0.4 is 0 Å². The van der Waals surface area contributed by atoms with Crippen LogP contribution in [0.25, 0.3) is 0 Å². The fourth-order valence-corrected chi connectivity index (χ4v) is 2.87. The van der Waals surface area contributed by atoms with Crippen LogP contribution >= 0.6 is 0 Å². The van der Waals surface area contributed by atoms with Crippen LogP contribution in [0.5, 0.6) is 0 Å².